The van der Waals surface area contributed by atoms with Crippen molar-refractivity contribution >= 4 is 5.88 Å². The highest BCUT2D eigenvalue weighted by molar-refractivity contribution is 5.62. The van der Waals surface area contributed by atoms with Crippen molar-refractivity contribution in [3.8, 4) is 11.3 Å². The van der Waals surface area contributed by atoms with Crippen LogP contribution in [-0.2, 0) is 0 Å². The Labute approximate surface area is 84.5 Å². The van der Waals surface area contributed by atoms with Gasteiger partial charge in [0, 0.05) is 17.2 Å². The van der Waals surface area contributed by atoms with Crippen LogP contribution < -0.4 is 5.73 Å². The monoisotopic (exact) mass is 210 g/mol. The molecule has 0 aliphatic heterocycles. The van der Waals surface area contributed by atoms with Crippen LogP contribution in [0.2, 0.25) is 0 Å². The highest BCUT2D eigenvalue weighted by atomic mass is 19.1. The molecule has 0 aliphatic carbocycles. The number of hydrogen-bond donors (Lipinski definition) is 1. The quantitative estimate of drug-likeness (QED) is 0.786. The molecule has 1 heterocycles. The molecule has 5 heteroatoms. The van der Waals surface area contributed by atoms with E-state index in [0.29, 0.717) is 0 Å². The second-order valence-corrected chi connectivity index (χ2v) is 3.15. The van der Waals surface area contributed by atoms with Crippen LogP contribution in [0.4, 0.5) is 14.7 Å². The molecule has 2 aromatic rings. The first-order chi connectivity index (χ1) is 7.09. The fourth-order valence-electron chi connectivity index (χ4n) is 1.28. The number of nitrogen functional groups attached to an aromatic ring is 1. The number of nitrogens with zero attached hydrogens (tertiary/aromatic N) is 1. The van der Waals surface area contributed by atoms with Crippen molar-refractivity contribution in [1.29, 1.82) is 0 Å². The number of halogens is 2. The molecule has 0 atom stereocenters. The largest absolute Gasteiger partial charge is 0.368 e. The van der Waals surface area contributed by atoms with E-state index in [-0.39, 0.29) is 22.7 Å². The first kappa shape index (κ1) is 9.64. The van der Waals surface area contributed by atoms with Gasteiger partial charge >= 0.3 is 0 Å². The molecule has 0 saturated heterocycles. The minimum atomic E-state index is -0.650. The SMILES string of the molecule is Cc1c(F)ccc(-c2cc(N)on2)c1F. The van der Waals surface area contributed by atoms with Crippen molar-refractivity contribution in [3.05, 3.63) is 35.4 Å². The standard InChI is InChI=1S/C10H8F2N2O/c1-5-7(11)3-2-6(10(5)12)8-4-9(13)15-14-8/h2-4H,13H2,1H3. The van der Waals surface area contributed by atoms with E-state index in [4.69, 9.17) is 5.73 Å². The molecule has 0 bridgehead atoms. The zero-order valence-corrected chi connectivity index (χ0v) is 7.92. The first-order valence-electron chi connectivity index (χ1n) is 4.26. The number of nitrogens with two attached hydrogens (primary N) is 1. The maximum Gasteiger partial charge on any atom is 0.222 e. The number of rotatable bonds is 1. The van der Waals surface area contributed by atoms with Gasteiger partial charge in [-0.25, -0.2) is 8.78 Å². The number of anilines is 1. The van der Waals surface area contributed by atoms with E-state index < -0.39 is 11.6 Å². The lowest BCUT2D eigenvalue weighted by Crippen LogP contribution is -1.92. The molecule has 0 radical (unpaired) electrons. The summed E-state index contributed by atoms with van der Waals surface area (Å²) in [6, 6.07) is 3.86. The molecule has 0 unspecified atom stereocenters. The Balaban J connectivity index is 2.59. The zero-order valence-electron chi connectivity index (χ0n) is 7.92. The summed E-state index contributed by atoms with van der Waals surface area (Å²) >= 11 is 0. The maximum atomic E-state index is 13.6. The molecule has 1 aromatic carbocycles. The van der Waals surface area contributed by atoms with Gasteiger partial charge in [0.2, 0.25) is 5.88 Å². The van der Waals surface area contributed by atoms with E-state index in [2.05, 4.69) is 9.68 Å². The van der Waals surface area contributed by atoms with Crippen molar-refractivity contribution in [2.75, 3.05) is 5.73 Å². The van der Waals surface area contributed by atoms with Crippen LogP contribution >= 0.6 is 0 Å². The van der Waals surface area contributed by atoms with Gasteiger partial charge in [-0.1, -0.05) is 5.16 Å². The topological polar surface area (TPSA) is 52.0 Å². The van der Waals surface area contributed by atoms with Gasteiger partial charge in [-0.3, -0.25) is 0 Å². The van der Waals surface area contributed by atoms with E-state index in [1.54, 1.807) is 0 Å². The number of hydrogen-bond acceptors (Lipinski definition) is 3. The Morgan fingerprint density at radius 2 is 2.07 bits per heavy atom. The highest BCUT2D eigenvalue weighted by Gasteiger charge is 2.14. The van der Waals surface area contributed by atoms with Crippen molar-refractivity contribution in [1.82, 2.24) is 5.16 Å². The van der Waals surface area contributed by atoms with E-state index in [1.807, 2.05) is 0 Å². The fourth-order valence-corrected chi connectivity index (χ4v) is 1.28. The van der Waals surface area contributed by atoms with E-state index in [0.717, 1.165) is 0 Å². The van der Waals surface area contributed by atoms with Crippen LogP contribution in [0.5, 0.6) is 0 Å². The third kappa shape index (κ3) is 1.56. The van der Waals surface area contributed by atoms with Crippen LogP contribution in [0, 0.1) is 18.6 Å². The lowest BCUT2D eigenvalue weighted by atomic mass is 10.1. The average molecular weight is 210 g/mol. The van der Waals surface area contributed by atoms with E-state index in [9.17, 15) is 8.78 Å². The summed E-state index contributed by atoms with van der Waals surface area (Å²) in [5.41, 5.74) is 5.69. The van der Waals surface area contributed by atoms with Crippen LogP contribution in [0.25, 0.3) is 11.3 Å². The van der Waals surface area contributed by atoms with Crippen molar-refractivity contribution in [2.45, 2.75) is 6.92 Å². The number of aromatic nitrogens is 1. The van der Waals surface area contributed by atoms with Gasteiger partial charge in [0.15, 0.2) is 0 Å². The smallest absolute Gasteiger partial charge is 0.222 e. The summed E-state index contributed by atoms with van der Waals surface area (Å²) in [5, 5.41) is 3.56. The van der Waals surface area contributed by atoms with E-state index >= 15 is 0 Å². The molecule has 1 aromatic heterocycles. The van der Waals surface area contributed by atoms with Crippen LogP contribution in [0.15, 0.2) is 22.7 Å². The minimum absolute atomic E-state index is 0.0472. The fraction of sp³-hybridized carbons (Fsp3) is 0.100. The van der Waals surface area contributed by atoms with Gasteiger partial charge in [0.25, 0.3) is 0 Å². The maximum absolute atomic E-state index is 13.6. The lowest BCUT2D eigenvalue weighted by Gasteiger charge is -2.02. The van der Waals surface area contributed by atoms with Gasteiger partial charge in [-0.05, 0) is 19.1 Å². The Morgan fingerprint density at radius 1 is 1.33 bits per heavy atom. The molecule has 2 N–H and O–H groups in total. The van der Waals surface area contributed by atoms with Gasteiger partial charge < -0.3 is 10.3 Å². The Kier molecular flexibility index (Phi) is 2.15. The summed E-state index contributed by atoms with van der Waals surface area (Å²) in [7, 11) is 0. The molecular weight excluding hydrogens is 202 g/mol. The van der Waals surface area contributed by atoms with Crippen molar-refractivity contribution < 1.29 is 13.3 Å². The molecule has 78 valence electrons. The third-order valence-corrected chi connectivity index (χ3v) is 2.12. The van der Waals surface area contributed by atoms with Crippen LogP contribution in [-0.4, -0.2) is 5.16 Å². The van der Waals surface area contributed by atoms with Crippen molar-refractivity contribution in [2.24, 2.45) is 0 Å². The normalized spacial score (nSPS) is 10.6. The summed E-state index contributed by atoms with van der Waals surface area (Å²) in [4.78, 5) is 0. The zero-order chi connectivity index (χ0) is 11.0. The second kappa shape index (κ2) is 3.34. The Hall–Kier alpha value is -1.91. The van der Waals surface area contributed by atoms with Gasteiger partial charge in [-0.2, -0.15) is 0 Å². The predicted octanol–water partition coefficient (Wildman–Crippen LogP) is 2.51. The molecule has 0 saturated carbocycles. The Morgan fingerprint density at radius 3 is 2.67 bits per heavy atom. The van der Waals surface area contributed by atoms with Gasteiger partial charge in [0.05, 0.1) is 0 Å². The van der Waals surface area contributed by atoms with Crippen molar-refractivity contribution in [3.63, 3.8) is 0 Å². The second-order valence-electron chi connectivity index (χ2n) is 3.15. The number of benzene rings is 1. The molecular formula is C10H8F2N2O. The highest BCUT2D eigenvalue weighted by Crippen LogP contribution is 2.26. The molecule has 0 spiro atoms. The summed E-state index contributed by atoms with van der Waals surface area (Å²) in [6.07, 6.45) is 0. The molecule has 2 rings (SSSR count). The first-order valence-corrected chi connectivity index (χ1v) is 4.26. The lowest BCUT2D eigenvalue weighted by molar-refractivity contribution is 0.438. The molecule has 0 amide bonds. The van der Waals surface area contributed by atoms with E-state index in [1.165, 1.54) is 25.1 Å². The summed E-state index contributed by atoms with van der Waals surface area (Å²) < 4.78 is 31.2. The molecule has 0 aliphatic rings. The van der Waals surface area contributed by atoms with Gasteiger partial charge in [0.1, 0.15) is 17.3 Å². The predicted molar refractivity (Wildman–Crippen MR) is 51.0 cm³/mol. The summed E-state index contributed by atoms with van der Waals surface area (Å²) in [6.45, 7) is 1.36. The molecule has 0 fully saturated rings. The average Bonchev–Trinajstić information content (AvgIpc) is 2.61. The minimum Gasteiger partial charge on any atom is -0.368 e. The van der Waals surface area contributed by atoms with Gasteiger partial charge in [-0.15, -0.1) is 0 Å². The van der Waals surface area contributed by atoms with Crippen LogP contribution in [0.3, 0.4) is 0 Å². The molecule has 3 nitrogen and oxygen atoms in total. The summed E-state index contributed by atoms with van der Waals surface area (Å²) in [5.74, 6) is -1.15. The third-order valence-electron chi connectivity index (χ3n) is 2.12. The van der Waals surface area contributed by atoms with Crippen LogP contribution in [0.1, 0.15) is 5.56 Å². The molecule has 15 heavy (non-hydrogen) atoms. The Bertz CT molecular complexity index is 508.